The highest BCUT2D eigenvalue weighted by Gasteiger charge is 2.34. The van der Waals surface area contributed by atoms with E-state index in [-0.39, 0.29) is 12.3 Å². The molecule has 0 aromatic rings. The lowest BCUT2D eigenvalue weighted by molar-refractivity contribution is -0.147. The number of carboxylic acids is 1. The van der Waals surface area contributed by atoms with Crippen molar-refractivity contribution in [3.8, 4) is 0 Å². The molecule has 0 radical (unpaired) electrons. The minimum absolute atomic E-state index is 0.258. The van der Waals surface area contributed by atoms with Gasteiger partial charge in [0.2, 0.25) is 11.8 Å². The molecule has 2 amide bonds. The van der Waals surface area contributed by atoms with E-state index >= 15 is 0 Å². The average Bonchev–Trinajstić information content (AvgIpc) is 2.26. The van der Waals surface area contributed by atoms with Gasteiger partial charge in [0.25, 0.3) is 0 Å². The molecule has 0 fully saturated rings. The second kappa shape index (κ2) is 6.04. The SMILES string of the molecule is CCC(C)(NC(=O)C(C)NC(=O)C(C)(C)C)C(=O)O. The van der Waals surface area contributed by atoms with Gasteiger partial charge in [0.15, 0.2) is 0 Å². The van der Waals surface area contributed by atoms with Crippen molar-refractivity contribution in [3.63, 3.8) is 0 Å². The minimum atomic E-state index is -1.32. The molecule has 0 saturated carbocycles. The Labute approximate surface area is 113 Å². The van der Waals surface area contributed by atoms with Gasteiger partial charge < -0.3 is 15.7 Å². The zero-order valence-electron chi connectivity index (χ0n) is 12.5. The summed E-state index contributed by atoms with van der Waals surface area (Å²) in [6.45, 7) is 9.84. The zero-order chi connectivity index (χ0) is 15.4. The van der Waals surface area contributed by atoms with E-state index in [1.54, 1.807) is 27.7 Å². The van der Waals surface area contributed by atoms with Gasteiger partial charge in [-0.3, -0.25) is 9.59 Å². The van der Waals surface area contributed by atoms with Gasteiger partial charge in [-0.15, -0.1) is 0 Å². The van der Waals surface area contributed by atoms with Crippen molar-refractivity contribution in [2.75, 3.05) is 0 Å². The fourth-order valence-corrected chi connectivity index (χ4v) is 1.15. The lowest BCUT2D eigenvalue weighted by Crippen LogP contribution is -2.57. The van der Waals surface area contributed by atoms with Crippen LogP contribution in [0.1, 0.15) is 48.0 Å². The second-order valence-electron chi connectivity index (χ2n) is 5.93. The minimum Gasteiger partial charge on any atom is -0.480 e. The van der Waals surface area contributed by atoms with Crippen molar-refractivity contribution < 1.29 is 19.5 Å². The summed E-state index contributed by atoms with van der Waals surface area (Å²) < 4.78 is 0. The monoisotopic (exact) mass is 272 g/mol. The van der Waals surface area contributed by atoms with E-state index in [4.69, 9.17) is 5.11 Å². The molecule has 19 heavy (non-hydrogen) atoms. The topological polar surface area (TPSA) is 95.5 Å². The highest BCUT2D eigenvalue weighted by molar-refractivity contribution is 5.92. The highest BCUT2D eigenvalue weighted by atomic mass is 16.4. The normalized spacial score (nSPS) is 16.1. The molecule has 0 rings (SSSR count). The summed E-state index contributed by atoms with van der Waals surface area (Å²) in [6, 6.07) is -0.781. The van der Waals surface area contributed by atoms with E-state index in [2.05, 4.69) is 10.6 Å². The highest BCUT2D eigenvalue weighted by Crippen LogP contribution is 2.13. The predicted molar refractivity (Wildman–Crippen MR) is 71.5 cm³/mol. The number of amides is 2. The third kappa shape index (κ3) is 4.89. The zero-order valence-corrected chi connectivity index (χ0v) is 12.5. The molecule has 0 aromatic heterocycles. The first-order chi connectivity index (χ1) is 8.44. The molecular formula is C13H24N2O4. The molecule has 0 aliphatic carbocycles. The number of nitrogens with one attached hydrogen (secondary N) is 2. The molecule has 0 spiro atoms. The van der Waals surface area contributed by atoms with Crippen LogP contribution in [0.25, 0.3) is 0 Å². The third-order valence-corrected chi connectivity index (χ3v) is 3.00. The van der Waals surface area contributed by atoms with Gasteiger partial charge in [0, 0.05) is 5.41 Å². The van der Waals surface area contributed by atoms with Gasteiger partial charge in [-0.05, 0) is 20.3 Å². The quantitative estimate of drug-likeness (QED) is 0.693. The van der Waals surface area contributed by atoms with Gasteiger partial charge in [-0.25, -0.2) is 4.79 Å². The molecule has 6 heteroatoms. The van der Waals surface area contributed by atoms with E-state index in [1.165, 1.54) is 13.8 Å². The average molecular weight is 272 g/mol. The first-order valence-corrected chi connectivity index (χ1v) is 6.30. The van der Waals surface area contributed by atoms with Crippen LogP contribution < -0.4 is 10.6 Å². The Balaban J connectivity index is 4.68. The second-order valence-corrected chi connectivity index (χ2v) is 5.93. The number of carbonyl (C=O) groups is 3. The van der Waals surface area contributed by atoms with Gasteiger partial charge >= 0.3 is 5.97 Å². The Morgan fingerprint density at radius 1 is 1.16 bits per heavy atom. The number of hydrogen-bond acceptors (Lipinski definition) is 3. The van der Waals surface area contributed by atoms with Crippen molar-refractivity contribution in [1.82, 2.24) is 10.6 Å². The van der Waals surface area contributed by atoms with E-state index < -0.39 is 28.9 Å². The van der Waals surface area contributed by atoms with Gasteiger partial charge in [0.05, 0.1) is 0 Å². The van der Waals surface area contributed by atoms with Gasteiger partial charge in [-0.1, -0.05) is 27.7 Å². The Hall–Kier alpha value is -1.59. The van der Waals surface area contributed by atoms with Gasteiger partial charge in [-0.2, -0.15) is 0 Å². The van der Waals surface area contributed by atoms with Crippen LogP contribution in [-0.2, 0) is 14.4 Å². The maximum Gasteiger partial charge on any atom is 0.329 e. The fourth-order valence-electron chi connectivity index (χ4n) is 1.15. The molecular weight excluding hydrogens is 248 g/mol. The first kappa shape index (κ1) is 17.4. The van der Waals surface area contributed by atoms with Crippen molar-refractivity contribution >= 4 is 17.8 Å². The molecule has 0 saturated heterocycles. The summed E-state index contributed by atoms with van der Waals surface area (Å²) in [6.07, 6.45) is 0.258. The van der Waals surface area contributed by atoms with E-state index in [1.807, 2.05) is 0 Å². The fraction of sp³-hybridized carbons (Fsp3) is 0.769. The summed E-state index contributed by atoms with van der Waals surface area (Å²) in [7, 11) is 0. The molecule has 0 aromatic carbocycles. The van der Waals surface area contributed by atoms with Crippen LogP contribution in [0.3, 0.4) is 0 Å². The van der Waals surface area contributed by atoms with E-state index in [9.17, 15) is 14.4 Å². The molecule has 0 aliphatic rings. The van der Waals surface area contributed by atoms with E-state index in [0.29, 0.717) is 0 Å². The summed E-state index contributed by atoms with van der Waals surface area (Å²) >= 11 is 0. The van der Waals surface area contributed by atoms with Crippen LogP contribution in [0.15, 0.2) is 0 Å². The first-order valence-electron chi connectivity index (χ1n) is 6.30. The Kier molecular flexibility index (Phi) is 5.53. The van der Waals surface area contributed by atoms with Crippen LogP contribution in [0.2, 0.25) is 0 Å². The molecule has 2 atom stereocenters. The lowest BCUT2D eigenvalue weighted by atomic mass is 9.95. The number of rotatable bonds is 5. The summed E-state index contributed by atoms with van der Waals surface area (Å²) in [5.41, 5.74) is -1.92. The summed E-state index contributed by atoms with van der Waals surface area (Å²) in [5.74, 6) is -1.87. The maximum atomic E-state index is 11.9. The number of carbonyl (C=O) groups excluding carboxylic acids is 2. The maximum absolute atomic E-state index is 11.9. The Bertz CT molecular complexity index is 373. The van der Waals surface area contributed by atoms with Crippen LogP contribution in [0.4, 0.5) is 0 Å². The van der Waals surface area contributed by atoms with Crippen LogP contribution >= 0.6 is 0 Å². The van der Waals surface area contributed by atoms with E-state index in [0.717, 1.165) is 0 Å². The van der Waals surface area contributed by atoms with Crippen molar-refractivity contribution in [2.24, 2.45) is 5.41 Å². The molecule has 2 unspecified atom stereocenters. The largest absolute Gasteiger partial charge is 0.480 e. The molecule has 0 heterocycles. The number of hydrogen-bond donors (Lipinski definition) is 3. The van der Waals surface area contributed by atoms with Crippen molar-refractivity contribution in [3.05, 3.63) is 0 Å². The standard InChI is InChI=1S/C13H24N2O4/c1-7-13(6,11(18)19)15-9(16)8(2)14-10(17)12(3,4)5/h8H,7H2,1-6H3,(H,14,17)(H,15,16)(H,18,19). The van der Waals surface area contributed by atoms with Crippen molar-refractivity contribution in [1.29, 1.82) is 0 Å². The van der Waals surface area contributed by atoms with Crippen molar-refractivity contribution in [2.45, 2.75) is 59.5 Å². The Morgan fingerprint density at radius 2 is 1.63 bits per heavy atom. The smallest absolute Gasteiger partial charge is 0.329 e. The lowest BCUT2D eigenvalue weighted by Gasteiger charge is -2.27. The van der Waals surface area contributed by atoms with Crippen LogP contribution in [0.5, 0.6) is 0 Å². The number of aliphatic carboxylic acids is 1. The van der Waals surface area contributed by atoms with Crippen LogP contribution in [0, 0.1) is 5.41 Å². The predicted octanol–water partition coefficient (Wildman–Crippen LogP) is 0.907. The summed E-state index contributed by atoms with van der Waals surface area (Å²) in [4.78, 5) is 34.7. The molecule has 3 N–H and O–H groups in total. The van der Waals surface area contributed by atoms with Gasteiger partial charge in [0.1, 0.15) is 11.6 Å². The molecule has 0 bridgehead atoms. The summed E-state index contributed by atoms with van der Waals surface area (Å²) in [5, 5.41) is 14.1. The molecule has 110 valence electrons. The molecule has 6 nitrogen and oxygen atoms in total. The molecule has 0 aliphatic heterocycles. The van der Waals surface area contributed by atoms with Crippen LogP contribution in [-0.4, -0.2) is 34.5 Å². The third-order valence-electron chi connectivity index (χ3n) is 3.00. The Morgan fingerprint density at radius 3 is 1.95 bits per heavy atom. The number of carboxylic acid groups (broad SMARTS) is 1.